The van der Waals surface area contributed by atoms with Gasteiger partial charge < -0.3 is 9.64 Å². The quantitative estimate of drug-likeness (QED) is 0.745. The minimum atomic E-state index is -3.70. The van der Waals surface area contributed by atoms with Gasteiger partial charge in [-0.15, -0.1) is 0 Å². The molecule has 1 atom stereocenters. The molecule has 0 radical (unpaired) electrons. The molecule has 0 N–H and O–H groups in total. The summed E-state index contributed by atoms with van der Waals surface area (Å²) in [6, 6.07) is 7.01. The van der Waals surface area contributed by atoms with Crippen molar-refractivity contribution in [1.29, 1.82) is 0 Å². The number of hydrogen-bond acceptors (Lipinski definition) is 5. The van der Waals surface area contributed by atoms with Gasteiger partial charge in [0.1, 0.15) is 11.4 Å². The van der Waals surface area contributed by atoms with Crippen molar-refractivity contribution in [2.75, 3.05) is 13.2 Å². The summed E-state index contributed by atoms with van der Waals surface area (Å²) in [5.74, 6) is -0.174. The van der Waals surface area contributed by atoms with E-state index in [1.807, 2.05) is 19.1 Å². The Hall–Kier alpha value is -1.60. The lowest BCUT2D eigenvalue weighted by Gasteiger charge is -2.28. The zero-order valence-electron chi connectivity index (χ0n) is 15.3. The number of carbonyl (C=O) groups is 1. The molecule has 1 fully saturated rings. The number of carbonyl (C=O) groups excluding carboxylic acids is 1. The fourth-order valence-electron chi connectivity index (χ4n) is 2.68. The summed E-state index contributed by atoms with van der Waals surface area (Å²) in [6.45, 7) is 7.88. The molecule has 1 aliphatic rings. The molecule has 1 aromatic carbocycles. The average Bonchev–Trinajstić information content (AvgIpc) is 2.94. The first-order valence-electron chi connectivity index (χ1n) is 8.48. The third-order valence-corrected chi connectivity index (χ3v) is 5.09. The Morgan fingerprint density at radius 1 is 1.24 bits per heavy atom. The van der Waals surface area contributed by atoms with E-state index < -0.39 is 21.8 Å². The molecule has 0 spiro atoms. The summed E-state index contributed by atoms with van der Waals surface area (Å²) >= 11 is 0. The normalized spacial score (nSPS) is 18.4. The number of amides is 1. The molecular formula is C18H27NO5S. The maximum Gasteiger partial charge on any atom is 0.410 e. The van der Waals surface area contributed by atoms with Crippen LogP contribution in [0.5, 0.6) is 0 Å². The molecule has 1 aliphatic heterocycles. The maximum atomic E-state index is 12.2. The van der Waals surface area contributed by atoms with Gasteiger partial charge in [0, 0.05) is 6.54 Å². The Morgan fingerprint density at radius 2 is 1.88 bits per heavy atom. The highest BCUT2D eigenvalue weighted by molar-refractivity contribution is 7.85. The Morgan fingerprint density at radius 3 is 2.48 bits per heavy atom. The van der Waals surface area contributed by atoms with E-state index in [2.05, 4.69) is 0 Å². The molecule has 0 aromatic heterocycles. The van der Waals surface area contributed by atoms with Gasteiger partial charge >= 0.3 is 6.09 Å². The van der Waals surface area contributed by atoms with Gasteiger partial charge in [-0.3, -0.25) is 4.18 Å². The number of hydrogen-bond donors (Lipinski definition) is 0. The first-order valence-corrected chi connectivity index (χ1v) is 10.1. The topological polar surface area (TPSA) is 72.9 Å². The van der Waals surface area contributed by atoms with Crippen molar-refractivity contribution in [3.05, 3.63) is 35.4 Å². The predicted octanol–water partition coefficient (Wildman–Crippen LogP) is 3.24. The summed E-state index contributed by atoms with van der Waals surface area (Å²) in [6.07, 6.45) is 1.10. The number of aryl methyl sites for hydroxylation is 1. The third kappa shape index (κ3) is 6.32. The molecule has 0 saturated carbocycles. The van der Waals surface area contributed by atoms with Crippen molar-refractivity contribution in [1.82, 2.24) is 4.90 Å². The van der Waals surface area contributed by atoms with Crippen LogP contribution in [-0.2, 0) is 24.8 Å². The van der Waals surface area contributed by atoms with Crippen LogP contribution in [0, 0.1) is 6.92 Å². The van der Waals surface area contributed by atoms with E-state index in [0.29, 0.717) is 18.5 Å². The highest BCUT2D eigenvalue weighted by Gasteiger charge is 2.33. The number of rotatable bonds is 5. The van der Waals surface area contributed by atoms with Gasteiger partial charge in [0.2, 0.25) is 0 Å². The van der Waals surface area contributed by atoms with Crippen LogP contribution in [0.15, 0.2) is 24.3 Å². The van der Waals surface area contributed by atoms with Crippen LogP contribution in [0.1, 0.15) is 44.7 Å². The number of nitrogens with zero attached hydrogens (tertiary/aromatic N) is 1. The highest BCUT2D eigenvalue weighted by Crippen LogP contribution is 2.22. The van der Waals surface area contributed by atoms with Crippen molar-refractivity contribution in [3.8, 4) is 0 Å². The zero-order valence-corrected chi connectivity index (χ0v) is 16.1. The van der Waals surface area contributed by atoms with E-state index >= 15 is 0 Å². The minimum Gasteiger partial charge on any atom is -0.444 e. The second-order valence-electron chi connectivity index (χ2n) is 7.44. The molecule has 1 heterocycles. The number of benzene rings is 1. The monoisotopic (exact) mass is 369 g/mol. The van der Waals surface area contributed by atoms with Gasteiger partial charge in [-0.25, -0.2) is 4.79 Å². The molecule has 2 rings (SSSR count). The molecular weight excluding hydrogens is 342 g/mol. The molecule has 1 unspecified atom stereocenters. The predicted molar refractivity (Wildman–Crippen MR) is 95.7 cm³/mol. The molecule has 25 heavy (non-hydrogen) atoms. The van der Waals surface area contributed by atoms with Gasteiger partial charge in [0.05, 0.1) is 12.6 Å². The minimum absolute atomic E-state index is 0.0343. The van der Waals surface area contributed by atoms with Crippen molar-refractivity contribution in [2.24, 2.45) is 0 Å². The van der Waals surface area contributed by atoms with E-state index in [4.69, 9.17) is 8.92 Å². The summed E-state index contributed by atoms with van der Waals surface area (Å²) < 4.78 is 34.9. The Bertz CT molecular complexity index is 691. The SMILES string of the molecule is Cc1ccc(CS(=O)(=O)OCC2CCCN2C(=O)OC(C)(C)C)cc1. The average molecular weight is 369 g/mol. The second-order valence-corrected chi connectivity index (χ2v) is 9.08. The molecule has 7 heteroatoms. The largest absolute Gasteiger partial charge is 0.444 e. The van der Waals surface area contributed by atoms with Crippen LogP contribution in [0.25, 0.3) is 0 Å². The van der Waals surface area contributed by atoms with E-state index in [9.17, 15) is 13.2 Å². The summed E-state index contributed by atoms with van der Waals surface area (Å²) in [5.41, 5.74) is 1.17. The van der Waals surface area contributed by atoms with Crippen LogP contribution in [0.2, 0.25) is 0 Å². The van der Waals surface area contributed by atoms with Crippen LogP contribution < -0.4 is 0 Å². The Balaban J connectivity index is 1.92. The van der Waals surface area contributed by atoms with Crippen LogP contribution >= 0.6 is 0 Å². The molecule has 1 saturated heterocycles. The highest BCUT2D eigenvalue weighted by atomic mass is 32.2. The summed E-state index contributed by atoms with van der Waals surface area (Å²) in [7, 11) is -3.70. The van der Waals surface area contributed by atoms with E-state index in [1.165, 1.54) is 0 Å². The maximum absolute atomic E-state index is 12.2. The van der Waals surface area contributed by atoms with E-state index in [-0.39, 0.29) is 18.4 Å². The van der Waals surface area contributed by atoms with Crippen molar-refractivity contribution < 1.29 is 22.1 Å². The lowest BCUT2D eigenvalue weighted by atomic mass is 10.2. The third-order valence-electron chi connectivity index (χ3n) is 3.91. The summed E-state index contributed by atoms with van der Waals surface area (Å²) in [4.78, 5) is 13.8. The van der Waals surface area contributed by atoms with Gasteiger partial charge in [-0.05, 0) is 46.1 Å². The zero-order chi connectivity index (χ0) is 18.7. The molecule has 6 nitrogen and oxygen atoms in total. The standard InChI is InChI=1S/C18H27NO5S/c1-14-7-9-15(10-8-14)13-25(21,22)23-12-16-6-5-11-19(16)17(20)24-18(2,3)4/h7-10,16H,5-6,11-13H2,1-4H3. The lowest BCUT2D eigenvalue weighted by molar-refractivity contribution is 0.0189. The van der Waals surface area contributed by atoms with Crippen molar-refractivity contribution in [2.45, 2.75) is 57.9 Å². The van der Waals surface area contributed by atoms with E-state index in [1.54, 1.807) is 37.8 Å². The molecule has 1 aromatic rings. The van der Waals surface area contributed by atoms with Crippen LogP contribution in [-0.4, -0.2) is 44.2 Å². The fraction of sp³-hybridized carbons (Fsp3) is 0.611. The van der Waals surface area contributed by atoms with E-state index in [0.717, 1.165) is 12.0 Å². The van der Waals surface area contributed by atoms with Crippen LogP contribution in [0.4, 0.5) is 4.79 Å². The van der Waals surface area contributed by atoms with Gasteiger partial charge in [-0.1, -0.05) is 29.8 Å². The Labute approximate surface area is 150 Å². The van der Waals surface area contributed by atoms with Gasteiger partial charge in [0.15, 0.2) is 0 Å². The fourth-order valence-corrected chi connectivity index (χ4v) is 3.73. The first-order chi connectivity index (χ1) is 11.6. The van der Waals surface area contributed by atoms with Crippen LogP contribution in [0.3, 0.4) is 0 Å². The molecule has 1 amide bonds. The van der Waals surface area contributed by atoms with Crippen molar-refractivity contribution in [3.63, 3.8) is 0 Å². The van der Waals surface area contributed by atoms with Crippen molar-refractivity contribution >= 4 is 16.2 Å². The smallest absolute Gasteiger partial charge is 0.410 e. The lowest BCUT2D eigenvalue weighted by Crippen LogP contribution is -2.42. The summed E-state index contributed by atoms with van der Waals surface area (Å²) in [5, 5.41) is 0. The Kier molecular flexibility index (Phi) is 6.11. The number of ether oxygens (including phenoxy) is 1. The molecule has 140 valence electrons. The second kappa shape index (κ2) is 7.74. The first kappa shape index (κ1) is 19.7. The van der Waals surface area contributed by atoms with Gasteiger partial charge in [0.25, 0.3) is 10.1 Å². The van der Waals surface area contributed by atoms with Gasteiger partial charge in [-0.2, -0.15) is 8.42 Å². The molecule has 0 bridgehead atoms. The molecule has 0 aliphatic carbocycles. The number of likely N-dealkylation sites (tertiary alicyclic amines) is 1.